The highest BCUT2D eigenvalue weighted by Crippen LogP contribution is 2.39. The molecule has 4 heterocycles. The fourth-order valence-electron chi connectivity index (χ4n) is 4.74. The molecule has 2 aliphatic heterocycles. The summed E-state index contributed by atoms with van der Waals surface area (Å²) in [5.74, 6) is 2.96. The molecule has 6 heteroatoms. The molecule has 5 rings (SSSR count). The molecular weight excluding hydrogens is 326 g/mol. The van der Waals surface area contributed by atoms with Crippen molar-refractivity contribution >= 4 is 5.91 Å². The Balaban J connectivity index is 1.43. The lowest BCUT2D eigenvalue weighted by molar-refractivity contribution is -0.134. The molecule has 0 saturated carbocycles. The topological polar surface area (TPSA) is 63.9 Å². The van der Waals surface area contributed by atoms with Crippen LogP contribution in [0.1, 0.15) is 37.5 Å². The zero-order chi connectivity index (χ0) is 17.5. The molecule has 1 fully saturated rings. The summed E-state index contributed by atoms with van der Waals surface area (Å²) in [5, 5.41) is 8.89. The predicted octanol–water partition coefficient (Wildman–Crippen LogP) is 2.64. The van der Waals surface area contributed by atoms with Crippen molar-refractivity contribution in [3.63, 3.8) is 0 Å². The first-order valence-electron chi connectivity index (χ1n) is 9.59. The van der Waals surface area contributed by atoms with Crippen LogP contribution in [0, 0.1) is 11.8 Å². The summed E-state index contributed by atoms with van der Waals surface area (Å²) in [6.07, 6.45) is 12.9. The van der Waals surface area contributed by atoms with Gasteiger partial charge in [-0.05, 0) is 43.7 Å². The number of carbonyl (C=O) groups is 1. The Labute approximate surface area is 152 Å². The third-order valence-electron chi connectivity index (χ3n) is 6.11. The van der Waals surface area contributed by atoms with E-state index in [1.165, 1.54) is 0 Å². The number of rotatable bonds is 2. The van der Waals surface area contributed by atoms with Crippen LogP contribution >= 0.6 is 0 Å². The van der Waals surface area contributed by atoms with Gasteiger partial charge in [0.05, 0.1) is 6.04 Å². The van der Waals surface area contributed by atoms with Gasteiger partial charge in [0.1, 0.15) is 5.82 Å². The summed E-state index contributed by atoms with van der Waals surface area (Å²) < 4.78 is 2.29. The van der Waals surface area contributed by atoms with Crippen molar-refractivity contribution in [3.05, 3.63) is 42.5 Å². The lowest BCUT2D eigenvalue weighted by Crippen LogP contribution is -2.35. The van der Waals surface area contributed by atoms with Gasteiger partial charge in [0.15, 0.2) is 5.82 Å². The smallest absolute Gasteiger partial charge is 0.226 e. The second-order valence-electron chi connectivity index (χ2n) is 7.64. The number of nitrogens with zero attached hydrogens (tertiary/aromatic N) is 5. The van der Waals surface area contributed by atoms with Gasteiger partial charge in [-0.2, -0.15) is 0 Å². The molecule has 0 bridgehead atoms. The van der Waals surface area contributed by atoms with E-state index in [-0.39, 0.29) is 5.92 Å². The number of pyridine rings is 1. The largest absolute Gasteiger partial charge is 0.340 e. The number of allylic oxidation sites excluding steroid dienone is 2. The molecular formula is C20H23N5O. The fourth-order valence-corrected chi connectivity index (χ4v) is 4.74. The summed E-state index contributed by atoms with van der Waals surface area (Å²) >= 11 is 0. The van der Waals surface area contributed by atoms with E-state index in [9.17, 15) is 4.79 Å². The van der Waals surface area contributed by atoms with Crippen LogP contribution in [0.15, 0.2) is 36.7 Å². The van der Waals surface area contributed by atoms with Crippen molar-refractivity contribution < 1.29 is 4.79 Å². The van der Waals surface area contributed by atoms with Gasteiger partial charge in [-0.1, -0.05) is 12.2 Å². The highest BCUT2D eigenvalue weighted by atomic mass is 16.2. The number of hydrogen-bond acceptors (Lipinski definition) is 4. The number of amides is 1. The Bertz CT molecular complexity index is 843. The molecule has 2 aromatic rings. The molecule has 0 aromatic carbocycles. The maximum atomic E-state index is 13.0. The summed E-state index contributed by atoms with van der Waals surface area (Å²) in [6, 6.07) is 4.25. The minimum absolute atomic E-state index is 0.167. The van der Waals surface area contributed by atoms with E-state index in [0.717, 1.165) is 62.4 Å². The third kappa shape index (κ3) is 2.55. The van der Waals surface area contributed by atoms with Gasteiger partial charge >= 0.3 is 0 Å². The molecule has 3 aliphatic rings. The molecule has 1 aliphatic carbocycles. The molecule has 0 spiro atoms. The SMILES string of the molecule is O=C([C@@H]1CC=CCC1)N1C[C@H]2CCc3nnc(-c4ccncc4)n3[C@H]2C1. The second-order valence-corrected chi connectivity index (χ2v) is 7.64. The molecule has 1 saturated heterocycles. The van der Waals surface area contributed by atoms with Crippen LogP contribution in [-0.4, -0.2) is 43.6 Å². The van der Waals surface area contributed by atoms with Gasteiger partial charge in [-0.25, -0.2) is 0 Å². The molecule has 2 aromatic heterocycles. The van der Waals surface area contributed by atoms with E-state index in [1.807, 2.05) is 12.1 Å². The molecule has 134 valence electrons. The third-order valence-corrected chi connectivity index (χ3v) is 6.11. The maximum Gasteiger partial charge on any atom is 0.226 e. The van der Waals surface area contributed by atoms with Gasteiger partial charge in [0, 0.05) is 43.4 Å². The standard InChI is InChI=1S/C20H23N5O/c26-20(15-4-2-1-3-5-15)24-12-16-6-7-18-22-23-19(25(18)17(16)13-24)14-8-10-21-11-9-14/h1-2,8-11,15-17H,3-7,12-13H2/t15-,16-,17+/m1/s1. The summed E-state index contributed by atoms with van der Waals surface area (Å²) in [5.41, 5.74) is 1.04. The van der Waals surface area contributed by atoms with Crippen molar-refractivity contribution in [2.45, 2.75) is 38.1 Å². The Morgan fingerprint density at radius 1 is 1.08 bits per heavy atom. The van der Waals surface area contributed by atoms with Crippen molar-refractivity contribution in [2.75, 3.05) is 13.1 Å². The average Bonchev–Trinajstić information content (AvgIpc) is 3.32. The molecule has 26 heavy (non-hydrogen) atoms. The average molecular weight is 349 g/mol. The molecule has 1 amide bonds. The van der Waals surface area contributed by atoms with Crippen molar-refractivity contribution in [3.8, 4) is 11.4 Å². The lowest BCUT2D eigenvalue weighted by atomic mass is 9.93. The van der Waals surface area contributed by atoms with Crippen molar-refractivity contribution in [1.82, 2.24) is 24.6 Å². The van der Waals surface area contributed by atoms with E-state index in [1.54, 1.807) is 12.4 Å². The number of aromatic nitrogens is 4. The van der Waals surface area contributed by atoms with Crippen molar-refractivity contribution in [2.24, 2.45) is 11.8 Å². The van der Waals surface area contributed by atoms with Gasteiger partial charge < -0.3 is 9.47 Å². The van der Waals surface area contributed by atoms with Crippen LogP contribution in [0.4, 0.5) is 0 Å². The zero-order valence-electron chi connectivity index (χ0n) is 14.8. The number of carbonyl (C=O) groups excluding carboxylic acids is 1. The monoisotopic (exact) mass is 349 g/mol. The number of fused-ring (bicyclic) bond motifs is 3. The lowest BCUT2D eigenvalue weighted by Gasteiger charge is -2.27. The van der Waals surface area contributed by atoms with Crippen LogP contribution in [0.2, 0.25) is 0 Å². The van der Waals surface area contributed by atoms with Gasteiger partial charge in [-0.15, -0.1) is 10.2 Å². The van der Waals surface area contributed by atoms with Gasteiger partial charge in [0.25, 0.3) is 0 Å². The molecule has 0 radical (unpaired) electrons. The Morgan fingerprint density at radius 3 is 2.77 bits per heavy atom. The molecule has 0 unspecified atom stereocenters. The number of hydrogen-bond donors (Lipinski definition) is 0. The highest BCUT2D eigenvalue weighted by molar-refractivity contribution is 5.79. The normalized spacial score (nSPS) is 27.2. The number of aryl methyl sites for hydroxylation is 1. The van der Waals surface area contributed by atoms with E-state index in [0.29, 0.717) is 17.9 Å². The minimum Gasteiger partial charge on any atom is -0.340 e. The van der Waals surface area contributed by atoms with E-state index < -0.39 is 0 Å². The molecule has 3 atom stereocenters. The highest BCUT2D eigenvalue weighted by Gasteiger charge is 2.42. The first kappa shape index (κ1) is 15.7. The summed E-state index contributed by atoms with van der Waals surface area (Å²) in [6.45, 7) is 1.66. The molecule has 6 nitrogen and oxygen atoms in total. The van der Waals surface area contributed by atoms with Crippen molar-refractivity contribution in [1.29, 1.82) is 0 Å². The predicted molar refractivity (Wildman–Crippen MR) is 97.2 cm³/mol. The van der Waals surface area contributed by atoms with Gasteiger partial charge in [-0.3, -0.25) is 9.78 Å². The van der Waals surface area contributed by atoms with Gasteiger partial charge in [0.2, 0.25) is 5.91 Å². The maximum absolute atomic E-state index is 13.0. The van der Waals surface area contributed by atoms with Crippen LogP contribution in [0.3, 0.4) is 0 Å². The fraction of sp³-hybridized carbons (Fsp3) is 0.500. The molecule has 0 N–H and O–H groups in total. The zero-order valence-corrected chi connectivity index (χ0v) is 14.8. The van der Waals surface area contributed by atoms with Crippen LogP contribution in [-0.2, 0) is 11.2 Å². The quantitative estimate of drug-likeness (QED) is 0.782. The van der Waals surface area contributed by atoms with E-state index in [4.69, 9.17) is 0 Å². The van der Waals surface area contributed by atoms with Crippen LogP contribution < -0.4 is 0 Å². The Kier molecular flexibility index (Phi) is 3.84. The first-order valence-corrected chi connectivity index (χ1v) is 9.59. The summed E-state index contributed by atoms with van der Waals surface area (Å²) in [4.78, 5) is 19.2. The number of likely N-dealkylation sites (tertiary alicyclic amines) is 1. The van der Waals surface area contributed by atoms with E-state index >= 15 is 0 Å². The second kappa shape index (κ2) is 6.34. The first-order chi connectivity index (χ1) is 12.8. The minimum atomic E-state index is 0.167. The Hall–Kier alpha value is -2.50. The summed E-state index contributed by atoms with van der Waals surface area (Å²) in [7, 11) is 0. The van der Waals surface area contributed by atoms with E-state index in [2.05, 4.69) is 36.8 Å². The van der Waals surface area contributed by atoms with Crippen LogP contribution in [0.25, 0.3) is 11.4 Å². The van der Waals surface area contributed by atoms with Crippen LogP contribution in [0.5, 0.6) is 0 Å². The Morgan fingerprint density at radius 2 is 1.96 bits per heavy atom.